The van der Waals surface area contributed by atoms with Crippen molar-refractivity contribution < 1.29 is 19.1 Å². The average molecular weight is 381 g/mol. The molecule has 2 aliphatic rings. The van der Waals surface area contributed by atoms with Gasteiger partial charge >= 0.3 is 0 Å². The number of nitrogens with one attached hydrogen (secondary N) is 1. The number of ether oxygens (including phenoxy) is 2. The van der Waals surface area contributed by atoms with Crippen LogP contribution in [0.2, 0.25) is 0 Å². The van der Waals surface area contributed by atoms with Crippen LogP contribution in [0.5, 0.6) is 11.5 Å². The molecule has 1 fully saturated rings. The van der Waals surface area contributed by atoms with E-state index in [1.165, 1.54) is 11.1 Å². The summed E-state index contributed by atoms with van der Waals surface area (Å²) >= 11 is 5.18. The molecule has 2 aromatic carbocycles. The molecule has 1 atom stereocenters. The van der Waals surface area contributed by atoms with Crippen LogP contribution in [0.15, 0.2) is 47.5 Å². The van der Waals surface area contributed by atoms with Gasteiger partial charge in [-0.3, -0.25) is 19.5 Å². The number of anilines is 1. The van der Waals surface area contributed by atoms with Gasteiger partial charge in [-0.2, -0.15) is 0 Å². The summed E-state index contributed by atoms with van der Waals surface area (Å²) in [7, 11) is 0. The summed E-state index contributed by atoms with van der Waals surface area (Å²) in [4.78, 5) is 30.7. The van der Waals surface area contributed by atoms with Crippen LogP contribution in [0.3, 0.4) is 0 Å². The highest BCUT2D eigenvalue weighted by atomic mass is 32.1. The molecule has 0 bridgehead atoms. The van der Waals surface area contributed by atoms with E-state index in [4.69, 9.17) is 21.7 Å². The summed E-state index contributed by atoms with van der Waals surface area (Å²) in [6.45, 7) is 2.11. The van der Waals surface area contributed by atoms with E-state index >= 15 is 0 Å². The Labute approximate surface area is 160 Å². The van der Waals surface area contributed by atoms with Gasteiger partial charge in [-0.25, -0.2) is 0 Å². The first-order valence-electron chi connectivity index (χ1n) is 8.22. The number of rotatable bonds is 3. The quantitative estimate of drug-likeness (QED) is 0.502. The molecule has 1 N–H and O–H groups in total. The number of hydrogen-bond acceptors (Lipinski definition) is 6. The van der Waals surface area contributed by atoms with Crippen LogP contribution in [-0.4, -0.2) is 29.9 Å². The van der Waals surface area contributed by atoms with E-state index in [-0.39, 0.29) is 11.9 Å². The number of nitrogens with zero attached hydrogens (tertiary/aromatic N) is 2. The maximum atomic E-state index is 12.9. The largest absolute Gasteiger partial charge is 0.454 e. The number of hydrogen-bond donors (Lipinski definition) is 1. The van der Waals surface area contributed by atoms with E-state index in [2.05, 4.69) is 10.3 Å². The number of aryl methyl sites for hydroxylation is 1. The maximum Gasteiger partial charge on any atom is 0.251 e. The van der Waals surface area contributed by atoms with Crippen LogP contribution in [0.25, 0.3) is 0 Å². The molecule has 4 rings (SSSR count). The van der Waals surface area contributed by atoms with Crippen LogP contribution < -0.4 is 19.7 Å². The van der Waals surface area contributed by atoms with Gasteiger partial charge in [0, 0.05) is 12.3 Å². The Kier molecular flexibility index (Phi) is 4.33. The van der Waals surface area contributed by atoms with Crippen molar-refractivity contribution in [3.8, 4) is 11.5 Å². The number of fused-ring (bicyclic) bond motifs is 1. The molecule has 0 spiro atoms. The fraction of sp³-hybridized carbons (Fsp3) is 0.158. The van der Waals surface area contributed by atoms with Crippen molar-refractivity contribution in [2.45, 2.75) is 6.92 Å². The SMILES string of the molecule is Cc1ccc(N2C(=O)C(C=Nc3ccc4c(c3)OCO4)C(=O)NC2=S)cc1. The summed E-state index contributed by atoms with van der Waals surface area (Å²) in [6, 6.07) is 12.4. The molecule has 2 amide bonds. The Balaban J connectivity index is 1.59. The van der Waals surface area contributed by atoms with Crippen molar-refractivity contribution in [3.05, 3.63) is 48.0 Å². The third kappa shape index (κ3) is 3.26. The molecule has 0 radical (unpaired) electrons. The van der Waals surface area contributed by atoms with Gasteiger partial charge in [0.25, 0.3) is 5.91 Å². The number of thiocarbonyl (C=S) groups is 1. The van der Waals surface area contributed by atoms with Gasteiger partial charge in [-0.1, -0.05) is 17.7 Å². The first kappa shape index (κ1) is 17.2. The number of aliphatic imine (C=N–C) groups is 1. The molecule has 2 aromatic rings. The second-order valence-electron chi connectivity index (χ2n) is 6.10. The van der Waals surface area contributed by atoms with Gasteiger partial charge < -0.3 is 14.8 Å². The summed E-state index contributed by atoms with van der Waals surface area (Å²) in [5.74, 6) is -0.818. The molecule has 0 aromatic heterocycles. The Hall–Kier alpha value is -3.26. The predicted octanol–water partition coefficient (Wildman–Crippen LogP) is 2.49. The molecule has 2 heterocycles. The maximum absolute atomic E-state index is 12.9. The second kappa shape index (κ2) is 6.81. The highest BCUT2D eigenvalue weighted by Crippen LogP contribution is 2.35. The Bertz CT molecular complexity index is 971. The lowest BCUT2D eigenvalue weighted by molar-refractivity contribution is -0.130. The lowest BCUT2D eigenvalue weighted by Crippen LogP contribution is -2.58. The zero-order valence-corrected chi connectivity index (χ0v) is 15.2. The van der Waals surface area contributed by atoms with Crippen LogP contribution in [-0.2, 0) is 9.59 Å². The molecule has 8 heteroatoms. The fourth-order valence-corrected chi connectivity index (χ4v) is 3.08. The third-order valence-corrected chi connectivity index (χ3v) is 4.51. The van der Waals surface area contributed by atoms with Crippen LogP contribution in [0.4, 0.5) is 11.4 Å². The van der Waals surface area contributed by atoms with E-state index in [1.807, 2.05) is 19.1 Å². The Morgan fingerprint density at radius 3 is 2.67 bits per heavy atom. The van der Waals surface area contributed by atoms with Crippen LogP contribution in [0, 0.1) is 12.8 Å². The number of carbonyl (C=O) groups excluding carboxylic acids is 2. The number of benzene rings is 2. The standard InChI is InChI=1S/C19H15N3O4S/c1-11-2-5-13(6-3-11)22-18(24)14(17(23)21-19(22)27)9-20-12-4-7-15-16(8-12)26-10-25-15/h2-9,14H,10H2,1H3,(H,21,23,27). The fourth-order valence-electron chi connectivity index (χ4n) is 2.79. The van der Waals surface area contributed by atoms with Crippen LogP contribution >= 0.6 is 12.2 Å². The van der Waals surface area contributed by atoms with Crippen molar-refractivity contribution in [2.75, 3.05) is 11.7 Å². The van der Waals surface area contributed by atoms with E-state index in [1.54, 1.807) is 30.3 Å². The lowest BCUT2D eigenvalue weighted by atomic mass is 10.1. The Morgan fingerprint density at radius 1 is 1.15 bits per heavy atom. The predicted molar refractivity (Wildman–Crippen MR) is 104 cm³/mol. The molecular formula is C19H15N3O4S. The van der Waals surface area contributed by atoms with Gasteiger partial charge in [-0.15, -0.1) is 0 Å². The van der Waals surface area contributed by atoms with Crippen molar-refractivity contribution in [1.82, 2.24) is 5.32 Å². The van der Waals surface area contributed by atoms with Gasteiger partial charge in [0.15, 0.2) is 22.5 Å². The van der Waals surface area contributed by atoms with Gasteiger partial charge in [-0.05, 0) is 43.4 Å². The minimum atomic E-state index is -1.08. The smallest absolute Gasteiger partial charge is 0.251 e. The zero-order chi connectivity index (χ0) is 19.0. The van der Waals surface area contributed by atoms with E-state index in [0.717, 1.165) is 5.56 Å². The molecular weight excluding hydrogens is 366 g/mol. The molecule has 1 unspecified atom stereocenters. The number of amides is 2. The zero-order valence-electron chi connectivity index (χ0n) is 14.3. The van der Waals surface area contributed by atoms with Gasteiger partial charge in [0.05, 0.1) is 11.4 Å². The summed E-state index contributed by atoms with van der Waals surface area (Å²) in [5.41, 5.74) is 2.20. The minimum absolute atomic E-state index is 0.0570. The van der Waals surface area contributed by atoms with E-state index < -0.39 is 17.7 Å². The topological polar surface area (TPSA) is 80.2 Å². The molecule has 1 saturated heterocycles. The average Bonchev–Trinajstić information content (AvgIpc) is 3.10. The lowest BCUT2D eigenvalue weighted by Gasteiger charge is -2.30. The first-order valence-corrected chi connectivity index (χ1v) is 8.63. The monoisotopic (exact) mass is 381 g/mol. The third-order valence-electron chi connectivity index (χ3n) is 4.22. The van der Waals surface area contributed by atoms with Crippen molar-refractivity contribution >= 4 is 46.7 Å². The van der Waals surface area contributed by atoms with Crippen molar-refractivity contribution in [2.24, 2.45) is 10.9 Å². The van der Waals surface area contributed by atoms with Crippen molar-refractivity contribution in [1.29, 1.82) is 0 Å². The number of carbonyl (C=O) groups is 2. The van der Waals surface area contributed by atoms with E-state index in [9.17, 15) is 9.59 Å². The normalized spacial score (nSPS) is 18.9. The molecule has 7 nitrogen and oxygen atoms in total. The van der Waals surface area contributed by atoms with Gasteiger partial charge in [0.2, 0.25) is 12.7 Å². The van der Waals surface area contributed by atoms with E-state index in [0.29, 0.717) is 22.9 Å². The summed E-state index contributed by atoms with van der Waals surface area (Å²) < 4.78 is 10.6. The molecule has 27 heavy (non-hydrogen) atoms. The highest BCUT2D eigenvalue weighted by Gasteiger charge is 2.38. The summed E-state index contributed by atoms with van der Waals surface area (Å²) in [5, 5.41) is 2.62. The van der Waals surface area contributed by atoms with Crippen LogP contribution in [0.1, 0.15) is 5.56 Å². The van der Waals surface area contributed by atoms with Gasteiger partial charge in [0.1, 0.15) is 0 Å². The Morgan fingerprint density at radius 2 is 1.89 bits per heavy atom. The first-order chi connectivity index (χ1) is 13.0. The highest BCUT2D eigenvalue weighted by molar-refractivity contribution is 7.80. The molecule has 136 valence electrons. The second-order valence-corrected chi connectivity index (χ2v) is 6.48. The van der Waals surface area contributed by atoms with Crippen molar-refractivity contribution in [3.63, 3.8) is 0 Å². The molecule has 0 saturated carbocycles. The summed E-state index contributed by atoms with van der Waals surface area (Å²) in [6.07, 6.45) is 1.32. The molecule has 0 aliphatic carbocycles. The minimum Gasteiger partial charge on any atom is -0.454 e. The molecule has 2 aliphatic heterocycles.